The molecule has 1 aromatic carbocycles. The number of aromatic nitrogens is 3. The van der Waals surface area contributed by atoms with Crippen molar-refractivity contribution in [1.82, 2.24) is 20.1 Å². The van der Waals surface area contributed by atoms with Gasteiger partial charge in [-0.3, -0.25) is 10.00 Å². The van der Waals surface area contributed by atoms with E-state index in [0.717, 1.165) is 42.2 Å². The number of anilines is 1. The van der Waals surface area contributed by atoms with Gasteiger partial charge in [0.1, 0.15) is 5.82 Å². The molecule has 2 unspecified atom stereocenters. The van der Waals surface area contributed by atoms with Gasteiger partial charge in [0.25, 0.3) is 0 Å². The minimum atomic E-state index is -4.39. The van der Waals surface area contributed by atoms with Crippen LogP contribution in [0.15, 0.2) is 48.8 Å². The summed E-state index contributed by atoms with van der Waals surface area (Å²) in [6, 6.07) is 12.1. The van der Waals surface area contributed by atoms with Crippen LogP contribution < -0.4 is 4.90 Å². The summed E-state index contributed by atoms with van der Waals surface area (Å²) in [5.74, 6) is 0.555. The van der Waals surface area contributed by atoms with E-state index in [4.69, 9.17) is 5.26 Å². The van der Waals surface area contributed by atoms with Crippen molar-refractivity contribution >= 4 is 5.82 Å². The normalized spacial score (nSPS) is 19.7. The molecule has 0 amide bonds. The Balaban J connectivity index is 1.47. The third-order valence-corrected chi connectivity index (χ3v) is 5.74. The smallest absolute Gasteiger partial charge is 0.349 e. The molecule has 166 valence electrons. The van der Waals surface area contributed by atoms with Crippen LogP contribution >= 0.6 is 0 Å². The molecule has 0 spiro atoms. The molecule has 3 aromatic rings. The monoisotopic (exact) mass is 440 g/mol. The van der Waals surface area contributed by atoms with E-state index in [1.54, 1.807) is 12.1 Å². The summed E-state index contributed by atoms with van der Waals surface area (Å²) in [5, 5.41) is 16.3. The van der Waals surface area contributed by atoms with Crippen LogP contribution in [0.5, 0.6) is 0 Å². The Kier molecular flexibility index (Phi) is 5.89. The topological polar surface area (TPSA) is 71.8 Å². The van der Waals surface area contributed by atoms with Crippen LogP contribution in [0, 0.1) is 11.3 Å². The molecule has 4 rings (SSSR count). The van der Waals surface area contributed by atoms with Crippen molar-refractivity contribution in [2.45, 2.75) is 38.7 Å². The molecule has 0 saturated carbocycles. The van der Waals surface area contributed by atoms with E-state index in [-0.39, 0.29) is 12.1 Å². The number of rotatable bonds is 4. The first kappa shape index (κ1) is 21.8. The van der Waals surface area contributed by atoms with E-state index in [1.165, 1.54) is 6.07 Å². The zero-order valence-corrected chi connectivity index (χ0v) is 17.8. The van der Waals surface area contributed by atoms with Gasteiger partial charge in [-0.15, -0.1) is 0 Å². The number of benzene rings is 1. The molecule has 0 bridgehead atoms. The van der Waals surface area contributed by atoms with E-state index in [2.05, 4.69) is 44.9 Å². The summed E-state index contributed by atoms with van der Waals surface area (Å²) < 4.78 is 38.6. The highest BCUT2D eigenvalue weighted by molar-refractivity contribution is 5.63. The van der Waals surface area contributed by atoms with Crippen molar-refractivity contribution in [3.8, 4) is 17.3 Å². The molecule has 0 aliphatic carbocycles. The van der Waals surface area contributed by atoms with Gasteiger partial charge in [-0.1, -0.05) is 12.1 Å². The van der Waals surface area contributed by atoms with E-state index in [0.29, 0.717) is 17.9 Å². The number of aromatic amines is 1. The number of nitriles is 1. The summed E-state index contributed by atoms with van der Waals surface area (Å²) in [6.07, 6.45) is -1.61. The van der Waals surface area contributed by atoms with Gasteiger partial charge >= 0.3 is 6.18 Å². The number of hydrogen-bond donors (Lipinski definition) is 1. The summed E-state index contributed by atoms with van der Waals surface area (Å²) in [6.45, 7) is 6.28. The van der Waals surface area contributed by atoms with E-state index < -0.39 is 11.7 Å². The molecule has 1 aliphatic rings. The van der Waals surface area contributed by atoms with Crippen molar-refractivity contribution in [3.05, 3.63) is 65.5 Å². The van der Waals surface area contributed by atoms with Crippen molar-refractivity contribution < 1.29 is 13.2 Å². The Morgan fingerprint density at radius 3 is 2.34 bits per heavy atom. The second-order valence-electron chi connectivity index (χ2n) is 8.15. The second kappa shape index (κ2) is 8.63. The summed E-state index contributed by atoms with van der Waals surface area (Å²) in [5.41, 5.74) is 2.70. The quantitative estimate of drug-likeness (QED) is 0.649. The highest BCUT2D eigenvalue weighted by Gasteiger charge is 2.33. The van der Waals surface area contributed by atoms with Gasteiger partial charge in [0, 0.05) is 55.2 Å². The standard InChI is InChI=1S/C23H23F3N6/c1-15-12-31(13-16(2)32(15)21-8-7-20(11-28-21)23(24,25)26)14-19-10-29-30-22(19)18-5-3-17(9-27)4-6-18/h3-8,10-11,15-16H,12-14H2,1-2H3,(H,29,30). The molecule has 2 aromatic heterocycles. The molecule has 1 N–H and O–H groups in total. The number of nitrogens with one attached hydrogen (secondary N) is 1. The zero-order valence-electron chi connectivity index (χ0n) is 17.8. The highest BCUT2D eigenvalue weighted by atomic mass is 19.4. The molecule has 1 saturated heterocycles. The lowest BCUT2D eigenvalue weighted by molar-refractivity contribution is -0.137. The minimum absolute atomic E-state index is 0.0771. The zero-order chi connectivity index (χ0) is 22.9. The fraction of sp³-hybridized carbons (Fsp3) is 0.348. The number of hydrogen-bond acceptors (Lipinski definition) is 5. The Morgan fingerprint density at radius 1 is 1.09 bits per heavy atom. The molecule has 3 heterocycles. The molecular formula is C23H23F3N6. The molecule has 2 atom stereocenters. The largest absolute Gasteiger partial charge is 0.417 e. The van der Waals surface area contributed by atoms with Gasteiger partial charge < -0.3 is 4.90 Å². The van der Waals surface area contributed by atoms with Crippen LogP contribution in [-0.2, 0) is 12.7 Å². The van der Waals surface area contributed by atoms with Gasteiger partial charge in [0.2, 0.25) is 0 Å². The van der Waals surface area contributed by atoms with Gasteiger partial charge in [-0.25, -0.2) is 4.98 Å². The summed E-state index contributed by atoms with van der Waals surface area (Å²) in [7, 11) is 0. The van der Waals surface area contributed by atoms with Crippen molar-refractivity contribution in [3.63, 3.8) is 0 Å². The van der Waals surface area contributed by atoms with Crippen molar-refractivity contribution in [2.24, 2.45) is 0 Å². The highest BCUT2D eigenvalue weighted by Crippen LogP contribution is 2.31. The molecule has 1 fully saturated rings. The van der Waals surface area contributed by atoms with Crippen molar-refractivity contribution in [1.29, 1.82) is 5.26 Å². The second-order valence-corrected chi connectivity index (χ2v) is 8.15. The predicted octanol–water partition coefficient (Wildman–Crippen LogP) is 4.46. The maximum Gasteiger partial charge on any atom is 0.417 e. The first-order chi connectivity index (χ1) is 15.3. The van der Waals surface area contributed by atoms with Crippen LogP contribution in [0.3, 0.4) is 0 Å². The maximum absolute atomic E-state index is 12.9. The van der Waals surface area contributed by atoms with Crippen LogP contribution in [0.1, 0.15) is 30.5 Å². The van der Waals surface area contributed by atoms with Gasteiger partial charge in [0.15, 0.2) is 0 Å². The lowest BCUT2D eigenvalue weighted by atomic mass is 10.0. The maximum atomic E-state index is 12.9. The van der Waals surface area contributed by atoms with Crippen LogP contribution in [0.25, 0.3) is 11.3 Å². The lowest BCUT2D eigenvalue weighted by Gasteiger charge is -2.45. The minimum Gasteiger partial charge on any atom is -0.349 e. The lowest BCUT2D eigenvalue weighted by Crippen LogP contribution is -2.56. The number of H-pyrrole nitrogens is 1. The Hall–Kier alpha value is -3.38. The SMILES string of the molecule is CC1CN(Cc2c[nH]nc2-c2ccc(C#N)cc2)CC(C)N1c1ccc(C(F)(F)F)cn1. The summed E-state index contributed by atoms with van der Waals surface area (Å²) >= 11 is 0. The van der Waals surface area contributed by atoms with E-state index in [9.17, 15) is 13.2 Å². The Labute approximate surface area is 184 Å². The number of piperazine rings is 1. The first-order valence-electron chi connectivity index (χ1n) is 10.3. The molecular weight excluding hydrogens is 417 g/mol. The van der Waals surface area contributed by atoms with Gasteiger partial charge in [-0.2, -0.15) is 23.5 Å². The predicted molar refractivity (Wildman–Crippen MR) is 115 cm³/mol. The average molecular weight is 440 g/mol. The fourth-order valence-corrected chi connectivity index (χ4v) is 4.35. The Morgan fingerprint density at radius 2 is 1.78 bits per heavy atom. The molecule has 9 heteroatoms. The van der Waals surface area contributed by atoms with Crippen LogP contribution in [0.4, 0.5) is 19.0 Å². The van der Waals surface area contributed by atoms with E-state index >= 15 is 0 Å². The average Bonchev–Trinajstić information content (AvgIpc) is 3.21. The third-order valence-electron chi connectivity index (χ3n) is 5.74. The Bertz CT molecular complexity index is 1090. The first-order valence-corrected chi connectivity index (χ1v) is 10.3. The number of pyridine rings is 1. The molecule has 1 aliphatic heterocycles. The van der Waals surface area contributed by atoms with Crippen LogP contribution in [-0.4, -0.2) is 45.3 Å². The van der Waals surface area contributed by atoms with E-state index in [1.807, 2.05) is 18.3 Å². The molecule has 0 radical (unpaired) electrons. The fourth-order valence-electron chi connectivity index (χ4n) is 4.35. The molecule has 32 heavy (non-hydrogen) atoms. The van der Waals surface area contributed by atoms with Crippen LogP contribution in [0.2, 0.25) is 0 Å². The molecule has 6 nitrogen and oxygen atoms in total. The number of alkyl halides is 3. The number of nitrogens with zero attached hydrogens (tertiary/aromatic N) is 5. The number of halogens is 3. The summed E-state index contributed by atoms with van der Waals surface area (Å²) in [4.78, 5) is 8.48. The third kappa shape index (κ3) is 4.46. The van der Waals surface area contributed by atoms with Gasteiger partial charge in [-0.05, 0) is 38.1 Å². The van der Waals surface area contributed by atoms with Gasteiger partial charge in [0.05, 0.1) is 22.9 Å². The van der Waals surface area contributed by atoms with Crippen molar-refractivity contribution in [2.75, 3.05) is 18.0 Å².